The highest BCUT2D eigenvalue weighted by Gasteiger charge is 2.15. The number of rotatable bonds is 12. The summed E-state index contributed by atoms with van der Waals surface area (Å²) in [5.74, 6) is -2.90. The summed E-state index contributed by atoms with van der Waals surface area (Å²) in [6.45, 7) is 9.20. The Morgan fingerprint density at radius 3 is 1.61 bits per heavy atom. The van der Waals surface area contributed by atoms with E-state index in [-0.39, 0.29) is 25.4 Å². The molecule has 0 aromatic carbocycles. The number of hydrogen-bond acceptors (Lipinski definition) is 9. The molecule has 0 aliphatic carbocycles. The van der Waals surface area contributed by atoms with Crippen LogP contribution >= 0.6 is 0 Å². The van der Waals surface area contributed by atoms with E-state index in [4.69, 9.17) is 18.9 Å². The molecular formula is C19H29NO8. The first-order valence-electron chi connectivity index (χ1n) is 8.99. The second kappa shape index (κ2) is 14.4. The van der Waals surface area contributed by atoms with Crippen LogP contribution in [0, 0.1) is 0 Å². The molecule has 0 rings (SSSR count). The van der Waals surface area contributed by atoms with Crippen LogP contribution in [-0.4, -0.2) is 61.9 Å². The Morgan fingerprint density at radius 1 is 0.750 bits per heavy atom. The quantitative estimate of drug-likeness (QED) is 0.292. The van der Waals surface area contributed by atoms with Gasteiger partial charge in [-0.3, -0.25) is 0 Å². The van der Waals surface area contributed by atoms with Crippen molar-refractivity contribution in [3.8, 4) is 0 Å². The average molecular weight is 399 g/mol. The van der Waals surface area contributed by atoms with E-state index in [9.17, 15) is 19.2 Å². The van der Waals surface area contributed by atoms with Gasteiger partial charge >= 0.3 is 23.9 Å². The number of carbonyl (C=O) groups excluding carboxylic acids is 4. The minimum atomic E-state index is -0.783. The summed E-state index contributed by atoms with van der Waals surface area (Å²) in [4.78, 5) is 46.2. The SMILES string of the molecule is CCNCC(COC(=O)/C=C/C(=O)OC(C)C)OC(=O)/C=C/C(=O)OC(C)C. The number of nitrogens with one attached hydrogen (secondary N) is 1. The molecule has 0 heterocycles. The molecule has 0 aromatic heterocycles. The molecule has 1 atom stereocenters. The van der Waals surface area contributed by atoms with E-state index in [1.807, 2.05) is 6.92 Å². The molecule has 1 N–H and O–H groups in total. The van der Waals surface area contributed by atoms with Gasteiger partial charge < -0.3 is 24.3 Å². The molecule has 0 aromatic rings. The van der Waals surface area contributed by atoms with Gasteiger partial charge in [0.05, 0.1) is 12.2 Å². The Balaban J connectivity index is 4.57. The van der Waals surface area contributed by atoms with Gasteiger partial charge in [0, 0.05) is 30.8 Å². The minimum Gasteiger partial charge on any atom is -0.460 e. The largest absolute Gasteiger partial charge is 0.460 e. The lowest BCUT2D eigenvalue weighted by Crippen LogP contribution is -2.35. The van der Waals surface area contributed by atoms with Crippen LogP contribution in [0.15, 0.2) is 24.3 Å². The zero-order chi connectivity index (χ0) is 21.5. The third-order valence-electron chi connectivity index (χ3n) is 2.73. The van der Waals surface area contributed by atoms with E-state index in [1.54, 1.807) is 27.7 Å². The third-order valence-corrected chi connectivity index (χ3v) is 2.73. The van der Waals surface area contributed by atoms with E-state index in [0.29, 0.717) is 6.54 Å². The molecule has 28 heavy (non-hydrogen) atoms. The highest BCUT2D eigenvalue weighted by Crippen LogP contribution is 1.98. The van der Waals surface area contributed by atoms with Gasteiger partial charge in [-0.2, -0.15) is 0 Å². The normalized spacial score (nSPS) is 12.4. The van der Waals surface area contributed by atoms with Crippen molar-refractivity contribution in [2.45, 2.75) is 52.9 Å². The summed E-state index contributed by atoms with van der Waals surface area (Å²) in [5, 5.41) is 2.96. The van der Waals surface area contributed by atoms with Gasteiger partial charge in [0.15, 0.2) is 0 Å². The lowest BCUT2D eigenvalue weighted by molar-refractivity contribution is -0.152. The molecule has 158 valence electrons. The van der Waals surface area contributed by atoms with Gasteiger partial charge in [0.2, 0.25) is 0 Å². The summed E-state index contributed by atoms with van der Waals surface area (Å²) < 4.78 is 19.8. The number of hydrogen-bond donors (Lipinski definition) is 1. The van der Waals surface area contributed by atoms with Gasteiger partial charge in [-0.25, -0.2) is 19.2 Å². The molecular weight excluding hydrogens is 370 g/mol. The Kier molecular flexibility index (Phi) is 13.0. The number of esters is 4. The fraction of sp³-hybridized carbons (Fsp3) is 0.579. The second-order valence-corrected chi connectivity index (χ2v) is 6.13. The van der Waals surface area contributed by atoms with Crippen LogP contribution in [0.4, 0.5) is 0 Å². The Labute approximate surface area is 165 Å². The Bertz CT molecular complexity index is 580. The Morgan fingerprint density at radius 2 is 1.18 bits per heavy atom. The van der Waals surface area contributed by atoms with Crippen molar-refractivity contribution in [1.82, 2.24) is 5.32 Å². The van der Waals surface area contributed by atoms with E-state index in [1.165, 1.54) is 0 Å². The average Bonchev–Trinajstić information content (AvgIpc) is 2.59. The smallest absolute Gasteiger partial charge is 0.331 e. The molecule has 0 radical (unpaired) electrons. The highest BCUT2D eigenvalue weighted by molar-refractivity contribution is 5.92. The molecule has 0 saturated carbocycles. The summed E-state index contributed by atoms with van der Waals surface area (Å²) in [6.07, 6.45) is 2.39. The molecule has 0 aliphatic heterocycles. The monoisotopic (exact) mass is 399 g/mol. The third kappa shape index (κ3) is 14.5. The van der Waals surface area contributed by atoms with Crippen molar-refractivity contribution in [3.05, 3.63) is 24.3 Å². The molecule has 0 saturated heterocycles. The first-order chi connectivity index (χ1) is 13.1. The minimum absolute atomic E-state index is 0.231. The van der Waals surface area contributed by atoms with Crippen molar-refractivity contribution in [2.75, 3.05) is 19.7 Å². The van der Waals surface area contributed by atoms with Crippen LogP contribution in [0.5, 0.6) is 0 Å². The zero-order valence-electron chi connectivity index (χ0n) is 16.9. The molecule has 0 spiro atoms. The maximum absolute atomic E-state index is 11.8. The van der Waals surface area contributed by atoms with Crippen LogP contribution in [0.1, 0.15) is 34.6 Å². The molecule has 0 aliphatic rings. The number of likely N-dealkylation sites (N-methyl/N-ethyl adjacent to an activating group) is 1. The van der Waals surface area contributed by atoms with Crippen LogP contribution in [-0.2, 0) is 38.1 Å². The van der Waals surface area contributed by atoms with Crippen molar-refractivity contribution >= 4 is 23.9 Å². The molecule has 0 amide bonds. The summed E-state index contributed by atoms with van der Waals surface area (Å²) >= 11 is 0. The standard InChI is InChI=1S/C19H29NO8/c1-6-20-11-15(28-19(24)10-9-18(23)27-14(4)5)12-25-16(21)7-8-17(22)26-13(2)3/h7-10,13-15,20H,6,11-12H2,1-5H3/b8-7+,10-9+. The van der Waals surface area contributed by atoms with Crippen molar-refractivity contribution < 1.29 is 38.1 Å². The van der Waals surface area contributed by atoms with E-state index >= 15 is 0 Å². The maximum Gasteiger partial charge on any atom is 0.331 e. The molecule has 9 heteroatoms. The predicted octanol–water partition coefficient (Wildman–Crippen LogP) is 1.07. The van der Waals surface area contributed by atoms with Crippen LogP contribution in [0.2, 0.25) is 0 Å². The zero-order valence-corrected chi connectivity index (χ0v) is 16.9. The van der Waals surface area contributed by atoms with Gasteiger partial charge in [0.1, 0.15) is 12.7 Å². The van der Waals surface area contributed by atoms with Crippen molar-refractivity contribution in [3.63, 3.8) is 0 Å². The maximum atomic E-state index is 11.8. The molecule has 1 unspecified atom stereocenters. The number of ether oxygens (including phenoxy) is 4. The van der Waals surface area contributed by atoms with Gasteiger partial charge in [-0.15, -0.1) is 0 Å². The molecule has 0 fully saturated rings. The van der Waals surface area contributed by atoms with Crippen LogP contribution in [0.3, 0.4) is 0 Å². The topological polar surface area (TPSA) is 117 Å². The van der Waals surface area contributed by atoms with Gasteiger partial charge in [-0.05, 0) is 34.2 Å². The van der Waals surface area contributed by atoms with Gasteiger partial charge in [-0.1, -0.05) is 6.92 Å². The summed E-state index contributed by atoms with van der Waals surface area (Å²) in [5.41, 5.74) is 0. The first-order valence-corrected chi connectivity index (χ1v) is 8.99. The second-order valence-electron chi connectivity index (χ2n) is 6.13. The van der Waals surface area contributed by atoms with E-state index in [0.717, 1.165) is 24.3 Å². The van der Waals surface area contributed by atoms with Crippen LogP contribution < -0.4 is 5.32 Å². The fourth-order valence-corrected chi connectivity index (χ4v) is 1.68. The lowest BCUT2D eigenvalue weighted by atomic mass is 10.3. The van der Waals surface area contributed by atoms with Crippen molar-refractivity contribution in [1.29, 1.82) is 0 Å². The molecule has 9 nitrogen and oxygen atoms in total. The lowest BCUT2D eigenvalue weighted by Gasteiger charge is -2.17. The first kappa shape index (κ1) is 25.3. The van der Waals surface area contributed by atoms with Crippen molar-refractivity contribution in [2.24, 2.45) is 0 Å². The van der Waals surface area contributed by atoms with Crippen LogP contribution in [0.25, 0.3) is 0 Å². The summed E-state index contributed by atoms with van der Waals surface area (Å²) in [7, 11) is 0. The Hall–Kier alpha value is -2.68. The van der Waals surface area contributed by atoms with E-state index in [2.05, 4.69) is 5.32 Å². The molecule has 0 bridgehead atoms. The highest BCUT2D eigenvalue weighted by atomic mass is 16.6. The summed E-state index contributed by atoms with van der Waals surface area (Å²) in [6, 6.07) is 0. The van der Waals surface area contributed by atoms with E-state index < -0.39 is 30.0 Å². The fourth-order valence-electron chi connectivity index (χ4n) is 1.68. The number of carbonyl (C=O) groups is 4. The van der Waals surface area contributed by atoms with Gasteiger partial charge in [0.25, 0.3) is 0 Å². The predicted molar refractivity (Wildman–Crippen MR) is 100 cm³/mol.